The third-order valence-electron chi connectivity index (χ3n) is 8.82. The molecule has 3 rings (SSSR count). The van der Waals surface area contributed by atoms with Gasteiger partial charge in [0.1, 0.15) is 29.3 Å². The SMILES string of the molecule is C=C(C)C[C@H](OC)[C@H](O)C(=O)N[C@H](OC)[C@H]1CCC(C)(C)[C@@H](C[C@H](O)[C@@H](C)[C@H]2Cc3c(C)c(O)cc(O)c3C(=O)O2)O1. The van der Waals surface area contributed by atoms with Crippen LogP contribution in [0.5, 0.6) is 11.5 Å². The Morgan fingerprint density at radius 3 is 2.45 bits per heavy atom. The van der Waals surface area contributed by atoms with Crippen LogP contribution in [0.4, 0.5) is 0 Å². The molecule has 5 N–H and O–H groups in total. The fourth-order valence-corrected chi connectivity index (χ4v) is 5.80. The summed E-state index contributed by atoms with van der Waals surface area (Å²) in [5.41, 5.74) is 1.48. The summed E-state index contributed by atoms with van der Waals surface area (Å²) in [6, 6.07) is 1.13. The first-order valence-corrected chi connectivity index (χ1v) is 14.4. The second kappa shape index (κ2) is 13.7. The normalized spacial score (nSPS) is 25.4. The van der Waals surface area contributed by atoms with Crippen LogP contribution in [-0.2, 0) is 30.2 Å². The summed E-state index contributed by atoms with van der Waals surface area (Å²) in [5.74, 6) is -2.29. The molecule has 0 bridgehead atoms. The molecule has 1 saturated heterocycles. The Balaban J connectivity index is 1.69. The van der Waals surface area contributed by atoms with E-state index in [0.717, 1.165) is 18.1 Å². The number of hydrogen-bond acceptors (Lipinski definition) is 10. The number of rotatable bonds is 12. The maximum atomic E-state index is 12.8. The molecule has 2 heterocycles. The number of amides is 1. The van der Waals surface area contributed by atoms with E-state index in [1.54, 1.807) is 20.8 Å². The molecule has 0 aliphatic carbocycles. The summed E-state index contributed by atoms with van der Waals surface area (Å²) >= 11 is 0. The monoisotopic (exact) mass is 593 g/mol. The van der Waals surface area contributed by atoms with Crippen molar-refractivity contribution in [2.45, 2.75) is 110 Å². The molecule has 1 fully saturated rings. The molecule has 0 saturated carbocycles. The molecule has 2 aliphatic heterocycles. The number of aliphatic hydroxyl groups excluding tert-OH is 2. The lowest BCUT2D eigenvalue weighted by Gasteiger charge is -2.45. The van der Waals surface area contributed by atoms with Crippen molar-refractivity contribution >= 4 is 11.9 Å². The number of carbonyl (C=O) groups excluding carboxylic acids is 2. The topological polar surface area (TPSA) is 164 Å². The quantitative estimate of drug-likeness (QED) is 0.138. The van der Waals surface area contributed by atoms with Gasteiger partial charge in [0.05, 0.1) is 18.3 Å². The molecule has 2 aliphatic rings. The van der Waals surface area contributed by atoms with Crippen LogP contribution in [0.15, 0.2) is 18.2 Å². The first kappa shape index (κ1) is 33.8. The number of fused-ring (bicyclic) bond motifs is 1. The summed E-state index contributed by atoms with van der Waals surface area (Å²) in [5, 5.41) is 45.0. The van der Waals surface area contributed by atoms with E-state index in [9.17, 15) is 30.0 Å². The van der Waals surface area contributed by atoms with Crippen LogP contribution in [-0.4, -0.2) is 89.4 Å². The number of methoxy groups -OCH3 is 2. The number of carbonyl (C=O) groups is 2. The highest BCUT2D eigenvalue weighted by molar-refractivity contribution is 5.96. The van der Waals surface area contributed by atoms with Gasteiger partial charge < -0.3 is 44.7 Å². The Hall–Kier alpha value is -2.70. The summed E-state index contributed by atoms with van der Waals surface area (Å²) in [6.07, 6.45) is -3.51. The summed E-state index contributed by atoms with van der Waals surface area (Å²) in [6.45, 7) is 13.1. The van der Waals surface area contributed by atoms with E-state index in [2.05, 4.69) is 11.9 Å². The average Bonchev–Trinajstić information content (AvgIpc) is 2.92. The lowest BCUT2D eigenvalue weighted by atomic mass is 9.75. The predicted molar refractivity (Wildman–Crippen MR) is 154 cm³/mol. The highest BCUT2D eigenvalue weighted by Gasteiger charge is 2.44. The molecular weight excluding hydrogens is 546 g/mol. The third-order valence-corrected chi connectivity index (χ3v) is 8.82. The zero-order chi connectivity index (χ0) is 31.5. The zero-order valence-electron chi connectivity index (χ0n) is 25.7. The number of benzene rings is 1. The highest BCUT2D eigenvalue weighted by atomic mass is 16.6. The molecule has 0 spiro atoms. The molecule has 1 amide bonds. The Labute approximate surface area is 247 Å². The van der Waals surface area contributed by atoms with Crippen molar-refractivity contribution < 1.29 is 49.0 Å². The van der Waals surface area contributed by atoms with Crippen LogP contribution in [0.2, 0.25) is 0 Å². The van der Waals surface area contributed by atoms with Crippen molar-refractivity contribution in [1.29, 1.82) is 0 Å². The van der Waals surface area contributed by atoms with Crippen molar-refractivity contribution in [3.05, 3.63) is 34.9 Å². The van der Waals surface area contributed by atoms with Crippen molar-refractivity contribution in [3.8, 4) is 11.5 Å². The lowest BCUT2D eigenvalue weighted by molar-refractivity contribution is -0.183. The van der Waals surface area contributed by atoms with Gasteiger partial charge in [0, 0.05) is 39.0 Å². The first-order chi connectivity index (χ1) is 19.6. The standard InChI is InChI=1S/C31H47NO10/c1-15(2)11-24(39-7)27(36)28(37)32-29(40-8)22-9-10-31(5,6)25(41-22)14-20(34)17(4)23-12-18-16(3)19(33)13-21(35)26(18)30(38)42-23/h13,17,20,22-25,27,29,33-36H,1,9-12,14H2,2-8H3,(H,32,37)/t17-,20+,22-,23-,24+,25-,27+,29-/m1/s1. The van der Waals surface area contributed by atoms with Crippen LogP contribution in [0.3, 0.4) is 0 Å². The van der Waals surface area contributed by atoms with Crippen LogP contribution in [0.25, 0.3) is 0 Å². The van der Waals surface area contributed by atoms with E-state index in [4.69, 9.17) is 18.9 Å². The maximum Gasteiger partial charge on any atom is 0.342 e. The first-order valence-electron chi connectivity index (χ1n) is 14.4. The second-order valence-corrected chi connectivity index (χ2v) is 12.4. The number of cyclic esters (lactones) is 1. The number of phenols is 2. The number of aromatic hydroxyl groups is 2. The number of aliphatic hydroxyl groups is 2. The number of hydrogen-bond donors (Lipinski definition) is 5. The van der Waals surface area contributed by atoms with Crippen molar-refractivity contribution in [1.82, 2.24) is 5.32 Å². The van der Waals surface area contributed by atoms with Gasteiger partial charge in [-0.3, -0.25) is 4.79 Å². The van der Waals surface area contributed by atoms with Crippen molar-refractivity contribution in [2.75, 3.05) is 14.2 Å². The van der Waals surface area contributed by atoms with Gasteiger partial charge in [0.25, 0.3) is 5.91 Å². The van der Waals surface area contributed by atoms with Crippen LogP contribution in [0, 0.1) is 18.3 Å². The summed E-state index contributed by atoms with van der Waals surface area (Å²) in [7, 11) is 2.87. The van der Waals surface area contributed by atoms with Crippen LogP contribution in [0.1, 0.15) is 74.9 Å². The van der Waals surface area contributed by atoms with Gasteiger partial charge >= 0.3 is 5.97 Å². The van der Waals surface area contributed by atoms with Crippen molar-refractivity contribution in [3.63, 3.8) is 0 Å². The van der Waals surface area contributed by atoms with Gasteiger partial charge in [0.15, 0.2) is 12.3 Å². The molecular formula is C31H47NO10. The molecule has 236 valence electrons. The molecule has 1 aromatic rings. The van der Waals surface area contributed by atoms with Gasteiger partial charge in [-0.15, -0.1) is 6.58 Å². The minimum atomic E-state index is -1.43. The van der Waals surface area contributed by atoms with E-state index in [0.29, 0.717) is 24.0 Å². The smallest absolute Gasteiger partial charge is 0.342 e. The lowest BCUT2D eigenvalue weighted by Crippen LogP contribution is -2.55. The minimum Gasteiger partial charge on any atom is -0.508 e. The molecule has 11 nitrogen and oxygen atoms in total. The minimum absolute atomic E-state index is 0.0389. The fraction of sp³-hybridized carbons (Fsp3) is 0.677. The highest BCUT2D eigenvalue weighted by Crippen LogP contribution is 2.41. The van der Waals surface area contributed by atoms with Gasteiger partial charge in [-0.05, 0) is 49.7 Å². The van der Waals surface area contributed by atoms with Crippen LogP contribution < -0.4 is 5.32 Å². The maximum absolute atomic E-state index is 12.8. The Bertz CT molecular complexity index is 1150. The average molecular weight is 594 g/mol. The number of ether oxygens (including phenoxy) is 4. The van der Waals surface area contributed by atoms with Crippen LogP contribution >= 0.6 is 0 Å². The van der Waals surface area contributed by atoms with Gasteiger partial charge in [0.2, 0.25) is 0 Å². The molecule has 11 heteroatoms. The summed E-state index contributed by atoms with van der Waals surface area (Å²) < 4.78 is 22.9. The Morgan fingerprint density at radius 1 is 1.19 bits per heavy atom. The Kier molecular flexibility index (Phi) is 11.0. The van der Waals surface area contributed by atoms with Gasteiger partial charge in [-0.1, -0.05) is 26.3 Å². The number of nitrogens with one attached hydrogen (secondary N) is 1. The van der Waals surface area contributed by atoms with Crippen molar-refractivity contribution in [2.24, 2.45) is 11.3 Å². The molecule has 8 atom stereocenters. The number of phenolic OH excluding ortho intramolecular Hbond substituents is 2. The zero-order valence-corrected chi connectivity index (χ0v) is 25.7. The predicted octanol–water partition coefficient (Wildman–Crippen LogP) is 2.88. The van der Waals surface area contributed by atoms with E-state index >= 15 is 0 Å². The number of esters is 1. The van der Waals surface area contributed by atoms with E-state index in [-0.39, 0.29) is 35.3 Å². The molecule has 42 heavy (non-hydrogen) atoms. The second-order valence-electron chi connectivity index (χ2n) is 12.4. The van der Waals surface area contributed by atoms with E-state index in [1.807, 2.05) is 13.8 Å². The third kappa shape index (κ3) is 7.44. The van der Waals surface area contributed by atoms with E-state index in [1.165, 1.54) is 14.2 Å². The molecule has 1 aromatic carbocycles. The molecule has 0 unspecified atom stereocenters. The molecule has 0 radical (unpaired) electrons. The fourth-order valence-electron chi connectivity index (χ4n) is 5.80. The van der Waals surface area contributed by atoms with E-state index < -0.39 is 60.6 Å². The van der Waals surface area contributed by atoms with Gasteiger partial charge in [-0.2, -0.15) is 0 Å². The Morgan fingerprint density at radius 2 is 1.86 bits per heavy atom. The van der Waals surface area contributed by atoms with Gasteiger partial charge in [-0.25, -0.2) is 4.79 Å². The summed E-state index contributed by atoms with van der Waals surface area (Å²) in [4.78, 5) is 25.6. The largest absolute Gasteiger partial charge is 0.508 e. The molecule has 0 aromatic heterocycles.